The van der Waals surface area contributed by atoms with Crippen LogP contribution in [-0.2, 0) is 4.74 Å². The van der Waals surface area contributed by atoms with Crippen molar-refractivity contribution in [2.24, 2.45) is 5.73 Å². The van der Waals surface area contributed by atoms with Crippen LogP contribution >= 0.6 is 0 Å². The summed E-state index contributed by atoms with van der Waals surface area (Å²) in [6.45, 7) is 9.03. The zero-order valence-electron chi connectivity index (χ0n) is 8.96. The van der Waals surface area contributed by atoms with Crippen molar-refractivity contribution in [3.63, 3.8) is 0 Å². The normalized spacial score (nSPS) is 37.0. The van der Waals surface area contributed by atoms with Crippen LogP contribution in [0.5, 0.6) is 0 Å². The second kappa shape index (κ2) is 3.55. The van der Waals surface area contributed by atoms with Crippen LogP contribution in [0.3, 0.4) is 0 Å². The highest BCUT2D eigenvalue weighted by Gasteiger charge is 2.47. The van der Waals surface area contributed by atoms with Crippen molar-refractivity contribution in [1.82, 2.24) is 4.90 Å². The number of hydrogen-bond donors (Lipinski definition) is 1. The molecule has 1 spiro atoms. The summed E-state index contributed by atoms with van der Waals surface area (Å²) in [5.41, 5.74) is 7.25. The summed E-state index contributed by atoms with van der Waals surface area (Å²) in [6.07, 6.45) is 3.09. The Morgan fingerprint density at radius 2 is 2.50 bits per heavy atom. The summed E-state index contributed by atoms with van der Waals surface area (Å²) in [4.78, 5) is 2.32. The fourth-order valence-corrected chi connectivity index (χ4v) is 2.48. The molecule has 2 saturated heterocycles. The number of nitrogens with two attached hydrogens (primary N) is 1. The number of hydrogen-bond acceptors (Lipinski definition) is 3. The molecule has 0 aromatic carbocycles. The quantitative estimate of drug-likeness (QED) is 0.719. The lowest BCUT2D eigenvalue weighted by molar-refractivity contribution is 0.00656. The first-order valence-corrected chi connectivity index (χ1v) is 5.50. The van der Waals surface area contributed by atoms with Crippen molar-refractivity contribution in [3.05, 3.63) is 12.3 Å². The summed E-state index contributed by atoms with van der Waals surface area (Å²) in [7, 11) is 0. The standard InChI is InChI=1S/C11H20N2O/c1-3-9(2)13-6-5-11(8-13)10(12)4-7-14-11/h10H,2-8,12H2,1H3. The molecule has 2 unspecified atom stereocenters. The third-order valence-corrected chi connectivity index (χ3v) is 3.61. The van der Waals surface area contributed by atoms with Gasteiger partial charge in [-0.15, -0.1) is 0 Å². The minimum Gasteiger partial charge on any atom is -0.372 e. The molecule has 2 aliphatic heterocycles. The molecule has 0 amide bonds. The predicted octanol–water partition coefficient (Wildman–Crippen LogP) is 1.10. The maximum Gasteiger partial charge on any atom is 0.102 e. The molecule has 2 N–H and O–H groups in total. The molecule has 0 aliphatic carbocycles. The molecule has 0 radical (unpaired) electrons. The Kier molecular flexibility index (Phi) is 2.54. The van der Waals surface area contributed by atoms with Crippen molar-refractivity contribution in [2.45, 2.75) is 37.8 Å². The van der Waals surface area contributed by atoms with Crippen LogP contribution in [0.1, 0.15) is 26.2 Å². The minimum absolute atomic E-state index is 0.0574. The van der Waals surface area contributed by atoms with Crippen LogP contribution in [0.15, 0.2) is 12.3 Å². The van der Waals surface area contributed by atoms with Gasteiger partial charge in [0.1, 0.15) is 5.60 Å². The van der Waals surface area contributed by atoms with Gasteiger partial charge < -0.3 is 15.4 Å². The third kappa shape index (κ3) is 1.44. The first kappa shape index (κ1) is 9.99. The van der Waals surface area contributed by atoms with Crippen molar-refractivity contribution < 1.29 is 4.74 Å². The smallest absolute Gasteiger partial charge is 0.102 e. The van der Waals surface area contributed by atoms with Gasteiger partial charge in [-0.3, -0.25) is 0 Å². The van der Waals surface area contributed by atoms with Gasteiger partial charge in [-0.2, -0.15) is 0 Å². The van der Waals surface area contributed by atoms with Gasteiger partial charge in [0, 0.05) is 31.4 Å². The Bertz CT molecular complexity index is 241. The summed E-state index contributed by atoms with van der Waals surface area (Å²) in [6, 6.07) is 0.220. The number of nitrogens with zero attached hydrogens (tertiary/aromatic N) is 1. The van der Waals surface area contributed by atoms with E-state index in [1.54, 1.807) is 0 Å². The average molecular weight is 196 g/mol. The van der Waals surface area contributed by atoms with Crippen molar-refractivity contribution in [2.75, 3.05) is 19.7 Å². The second-order valence-corrected chi connectivity index (χ2v) is 4.40. The Morgan fingerprint density at radius 3 is 3.07 bits per heavy atom. The molecule has 0 bridgehead atoms. The van der Waals surface area contributed by atoms with Crippen LogP contribution in [0.4, 0.5) is 0 Å². The highest BCUT2D eigenvalue weighted by atomic mass is 16.5. The van der Waals surface area contributed by atoms with Crippen molar-refractivity contribution in [3.8, 4) is 0 Å². The molecular weight excluding hydrogens is 176 g/mol. The molecule has 0 saturated carbocycles. The van der Waals surface area contributed by atoms with E-state index in [-0.39, 0.29) is 11.6 Å². The lowest BCUT2D eigenvalue weighted by Gasteiger charge is -2.28. The highest BCUT2D eigenvalue weighted by molar-refractivity contribution is 5.08. The van der Waals surface area contributed by atoms with Crippen LogP contribution in [0.25, 0.3) is 0 Å². The lowest BCUT2D eigenvalue weighted by Crippen LogP contribution is -2.46. The van der Waals surface area contributed by atoms with Crippen molar-refractivity contribution >= 4 is 0 Å². The van der Waals surface area contributed by atoms with E-state index in [0.29, 0.717) is 0 Å². The van der Waals surface area contributed by atoms with E-state index in [1.165, 1.54) is 5.70 Å². The Morgan fingerprint density at radius 1 is 1.71 bits per heavy atom. The minimum atomic E-state index is -0.0574. The van der Waals surface area contributed by atoms with Gasteiger partial charge in [0.25, 0.3) is 0 Å². The molecule has 2 aliphatic rings. The molecule has 3 heteroatoms. The van der Waals surface area contributed by atoms with E-state index in [0.717, 1.165) is 39.0 Å². The highest BCUT2D eigenvalue weighted by Crippen LogP contribution is 2.35. The van der Waals surface area contributed by atoms with Gasteiger partial charge in [0.05, 0.1) is 0 Å². The average Bonchev–Trinajstić information content (AvgIpc) is 2.76. The molecule has 0 aromatic rings. The topological polar surface area (TPSA) is 38.5 Å². The molecule has 2 fully saturated rings. The lowest BCUT2D eigenvalue weighted by atomic mass is 9.94. The first-order chi connectivity index (χ1) is 6.68. The Balaban J connectivity index is 2.03. The molecule has 2 atom stereocenters. The zero-order valence-corrected chi connectivity index (χ0v) is 8.96. The summed E-state index contributed by atoms with van der Waals surface area (Å²) >= 11 is 0. The first-order valence-electron chi connectivity index (χ1n) is 5.50. The van der Waals surface area contributed by atoms with Crippen LogP contribution < -0.4 is 5.73 Å². The van der Waals surface area contributed by atoms with E-state index in [4.69, 9.17) is 10.5 Å². The van der Waals surface area contributed by atoms with Gasteiger partial charge in [0.15, 0.2) is 0 Å². The molecule has 2 heterocycles. The Labute approximate surface area is 85.9 Å². The Hall–Kier alpha value is -0.540. The van der Waals surface area contributed by atoms with Gasteiger partial charge in [-0.05, 0) is 19.3 Å². The van der Waals surface area contributed by atoms with Gasteiger partial charge in [-0.1, -0.05) is 13.5 Å². The predicted molar refractivity (Wildman–Crippen MR) is 56.9 cm³/mol. The maximum atomic E-state index is 6.10. The number of allylic oxidation sites excluding steroid dienone is 1. The summed E-state index contributed by atoms with van der Waals surface area (Å²) < 4.78 is 5.83. The van der Waals surface area contributed by atoms with Crippen LogP contribution in [-0.4, -0.2) is 36.2 Å². The fourth-order valence-electron chi connectivity index (χ4n) is 2.48. The molecule has 2 rings (SSSR count). The van der Waals surface area contributed by atoms with E-state index in [1.807, 2.05) is 0 Å². The van der Waals surface area contributed by atoms with Gasteiger partial charge >= 0.3 is 0 Å². The molecule has 3 nitrogen and oxygen atoms in total. The van der Waals surface area contributed by atoms with Crippen molar-refractivity contribution in [1.29, 1.82) is 0 Å². The molecule has 14 heavy (non-hydrogen) atoms. The SMILES string of the molecule is C=C(CC)N1CCC2(C1)OCCC2N. The van der Waals surface area contributed by atoms with E-state index in [2.05, 4.69) is 18.4 Å². The number of ether oxygens (including phenoxy) is 1. The molecule has 80 valence electrons. The molecule has 0 aromatic heterocycles. The number of likely N-dealkylation sites (tertiary alicyclic amines) is 1. The fraction of sp³-hybridized carbons (Fsp3) is 0.818. The van der Waals surface area contributed by atoms with Crippen LogP contribution in [0.2, 0.25) is 0 Å². The van der Waals surface area contributed by atoms with E-state index in [9.17, 15) is 0 Å². The van der Waals surface area contributed by atoms with E-state index < -0.39 is 0 Å². The monoisotopic (exact) mass is 196 g/mol. The maximum absolute atomic E-state index is 6.10. The number of rotatable bonds is 2. The summed E-state index contributed by atoms with van der Waals surface area (Å²) in [5, 5.41) is 0. The second-order valence-electron chi connectivity index (χ2n) is 4.40. The zero-order chi connectivity index (χ0) is 10.2. The largest absolute Gasteiger partial charge is 0.372 e. The third-order valence-electron chi connectivity index (χ3n) is 3.61. The summed E-state index contributed by atoms with van der Waals surface area (Å²) in [5.74, 6) is 0. The van der Waals surface area contributed by atoms with E-state index >= 15 is 0 Å². The molecular formula is C11H20N2O. The van der Waals surface area contributed by atoms with Crippen LogP contribution in [0, 0.1) is 0 Å². The van der Waals surface area contributed by atoms with Gasteiger partial charge in [-0.25, -0.2) is 0 Å². The van der Waals surface area contributed by atoms with Gasteiger partial charge in [0.2, 0.25) is 0 Å².